The third-order valence-corrected chi connectivity index (χ3v) is 9.40. The van der Waals surface area contributed by atoms with E-state index in [4.69, 9.17) is 5.73 Å². The van der Waals surface area contributed by atoms with Gasteiger partial charge < -0.3 is 26.6 Å². The average Bonchev–Trinajstić information content (AvgIpc) is 3.27. The third-order valence-electron chi connectivity index (χ3n) is 9.40. The van der Waals surface area contributed by atoms with E-state index in [1.54, 1.807) is 0 Å². The smallest absolute Gasteiger partial charge is 0.219 e. The zero-order chi connectivity index (χ0) is 34.8. The summed E-state index contributed by atoms with van der Waals surface area (Å²) in [6, 6.07) is 17.1. The van der Waals surface area contributed by atoms with Gasteiger partial charge in [0.25, 0.3) is 0 Å². The van der Waals surface area contributed by atoms with E-state index in [0.717, 1.165) is 82.5 Å². The molecule has 6 nitrogen and oxygen atoms in total. The van der Waals surface area contributed by atoms with Crippen molar-refractivity contribution in [2.75, 3.05) is 50.0 Å². The summed E-state index contributed by atoms with van der Waals surface area (Å²) in [5.74, 6) is 0.160. The van der Waals surface area contributed by atoms with Gasteiger partial charge in [-0.1, -0.05) is 114 Å². The topological polar surface area (TPSA) is 82.4 Å². The molecule has 0 aromatic heterocycles. The van der Waals surface area contributed by atoms with Gasteiger partial charge in [0.2, 0.25) is 5.91 Å². The zero-order valence-electron chi connectivity index (χ0n) is 30.3. The Hall–Kier alpha value is -3.87. The number of likely N-dealkylation sites (N-methyl/N-ethyl adjacent to an activating group) is 1. The highest BCUT2D eigenvalue weighted by molar-refractivity contribution is 5.75. The first kappa shape index (κ1) is 38.6. The summed E-state index contributed by atoms with van der Waals surface area (Å²) < 4.78 is 0. The second-order valence-electron chi connectivity index (χ2n) is 13.8. The number of nitrogens with zero attached hydrogens (tertiary/aromatic N) is 1. The van der Waals surface area contributed by atoms with E-state index in [0.29, 0.717) is 6.42 Å². The van der Waals surface area contributed by atoms with Crippen molar-refractivity contribution in [3.8, 4) is 0 Å². The Labute approximate surface area is 291 Å². The second kappa shape index (κ2) is 19.8. The molecule has 1 aliphatic rings. The zero-order valence-corrected chi connectivity index (χ0v) is 30.3. The quantitative estimate of drug-likeness (QED) is 0.0807. The van der Waals surface area contributed by atoms with E-state index < -0.39 is 0 Å². The van der Waals surface area contributed by atoms with Crippen molar-refractivity contribution in [1.29, 1.82) is 0 Å². The molecular weight excluding hydrogens is 590 g/mol. The lowest BCUT2D eigenvalue weighted by Crippen LogP contribution is -2.25. The van der Waals surface area contributed by atoms with Gasteiger partial charge in [-0.05, 0) is 86.6 Å². The molecule has 2 aromatic rings. The highest BCUT2D eigenvalue weighted by Gasteiger charge is 2.37. The molecule has 0 bridgehead atoms. The van der Waals surface area contributed by atoms with E-state index in [1.165, 1.54) is 22.5 Å². The summed E-state index contributed by atoms with van der Waals surface area (Å²) in [6.45, 7) is 17.8. The van der Waals surface area contributed by atoms with Crippen LogP contribution in [0.15, 0.2) is 109 Å². The Morgan fingerprint density at radius 1 is 0.854 bits per heavy atom. The van der Waals surface area contributed by atoms with Crippen molar-refractivity contribution in [3.63, 3.8) is 0 Å². The Morgan fingerprint density at radius 3 is 2.31 bits per heavy atom. The Bertz CT molecular complexity index is 1430. The van der Waals surface area contributed by atoms with Crippen molar-refractivity contribution in [2.24, 2.45) is 5.73 Å². The third kappa shape index (κ3) is 11.4. The predicted octanol–water partition coefficient (Wildman–Crippen LogP) is 8.31. The largest absolute Gasteiger partial charge is 0.385 e. The van der Waals surface area contributed by atoms with Crippen LogP contribution in [0.25, 0.3) is 0 Å². The van der Waals surface area contributed by atoms with Crippen molar-refractivity contribution in [3.05, 3.63) is 120 Å². The molecule has 0 saturated carbocycles. The minimum absolute atomic E-state index is 0.0195. The first-order valence-electron chi connectivity index (χ1n) is 17.9. The van der Waals surface area contributed by atoms with Gasteiger partial charge in [0.1, 0.15) is 0 Å². The molecule has 1 aliphatic heterocycles. The number of carbonyl (C=O) groups is 1. The number of fused-ring (bicyclic) bond motifs is 1. The number of nitrogens with one attached hydrogen (secondary N) is 3. The number of carbonyl (C=O) groups excluding carboxylic acids is 1. The maximum absolute atomic E-state index is 12.2. The van der Waals surface area contributed by atoms with E-state index in [9.17, 15) is 4.79 Å². The lowest BCUT2D eigenvalue weighted by molar-refractivity contribution is -0.121. The van der Waals surface area contributed by atoms with Crippen LogP contribution in [0.2, 0.25) is 0 Å². The number of nitrogens with two attached hydrogens (primary N) is 1. The van der Waals surface area contributed by atoms with Gasteiger partial charge in [-0.15, -0.1) is 0 Å². The molecule has 1 amide bonds. The maximum atomic E-state index is 12.2. The van der Waals surface area contributed by atoms with Crippen LogP contribution < -0.4 is 26.6 Å². The Balaban J connectivity index is 1.39. The van der Waals surface area contributed by atoms with Crippen molar-refractivity contribution in [1.82, 2.24) is 10.6 Å². The normalized spacial score (nSPS) is 15.2. The maximum Gasteiger partial charge on any atom is 0.219 e. The van der Waals surface area contributed by atoms with Gasteiger partial charge in [0.05, 0.1) is 0 Å². The van der Waals surface area contributed by atoms with Crippen LogP contribution in [0.3, 0.4) is 0 Å². The molecule has 260 valence electrons. The lowest BCUT2D eigenvalue weighted by atomic mass is 9.77. The summed E-state index contributed by atoms with van der Waals surface area (Å²) in [5, 5.41) is 10.1. The standard InChI is InChI=1S/C42H61N5O/c1-34(22-11-8-7-9-12-27-39-42(4,5)36-24-15-17-26-38(36)47(39)6)41(2,3)35-23-14-16-25-37(35)45-32-18-10-13-28-40(48)46-33-20-19-30-44-31-21-29-43/h7-9,11-12,14-17,22-27,44-45H,1,10,13,18-21,28-33,43H2,2-6H3,(H,46,48)/b8-7+,12-9+,22-11+,39-27+. The number of hydrogen-bond donors (Lipinski definition) is 4. The van der Waals surface area contributed by atoms with Gasteiger partial charge >= 0.3 is 0 Å². The summed E-state index contributed by atoms with van der Waals surface area (Å²) in [4.78, 5) is 14.5. The molecule has 0 atom stereocenters. The summed E-state index contributed by atoms with van der Waals surface area (Å²) in [7, 11) is 2.14. The molecule has 6 heteroatoms. The summed E-state index contributed by atoms with van der Waals surface area (Å²) in [6.07, 6.45) is 21.3. The molecule has 0 spiro atoms. The van der Waals surface area contributed by atoms with Crippen LogP contribution in [0.5, 0.6) is 0 Å². The minimum Gasteiger partial charge on any atom is -0.385 e. The number of para-hydroxylation sites is 2. The number of benzene rings is 2. The highest BCUT2D eigenvalue weighted by Crippen LogP contribution is 2.46. The van der Waals surface area contributed by atoms with Crippen molar-refractivity contribution >= 4 is 17.3 Å². The molecule has 3 rings (SSSR count). The number of allylic oxidation sites excluding steroid dienone is 9. The molecule has 48 heavy (non-hydrogen) atoms. The number of anilines is 2. The van der Waals surface area contributed by atoms with Gasteiger partial charge in [-0.2, -0.15) is 0 Å². The fourth-order valence-corrected chi connectivity index (χ4v) is 6.23. The van der Waals surface area contributed by atoms with Crippen LogP contribution in [-0.4, -0.2) is 45.7 Å². The molecular formula is C42H61N5O. The number of amides is 1. The SMILES string of the molecule is C=C(/C=C/C=C/C=C/C=C1/N(C)c2ccccc2C1(C)C)C(C)(C)c1ccccc1NCCCCCC(=O)NCCCCNCCCN. The van der Waals surface area contributed by atoms with E-state index >= 15 is 0 Å². The molecule has 0 radical (unpaired) electrons. The molecule has 1 heterocycles. The highest BCUT2D eigenvalue weighted by atomic mass is 16.1. The summed E-state index contributed by atoms with van der Waals surface area (Å²) >= 11 is 0. The Kier molecular flexibility index (Phi) is 15.9. The van der Waals surface area contributed by atoms with Crippen molar-refractivity contribution in [2.45, 2.75) is 83.5 Å². The fraction of sp³-hybridized carbons (Fsp3) is 0.452. The molecule has 2 aromatic carbocycles. The molecule has 0 fully saturated rings. The second-order valence-corrected chi connectivity index (χ2v) is 13.8. The van der Waals surface area contributed by atoms with Crippen LogP contribution in [0.1, 0.15) is 83.8 Å². The van der Waals surface area contributed by atoms with Crippen molar-refractivity contribution < 1.29 is 4.79 Å². The van der Waals surface area contributed by atoms with Crippen LogP contribution >= 0.6 is 0 Å². The van der Waals surface area contributed by atoms with E-state index in [1.807, 2.05) is 0 Å². The molecule has 0 saturated heterocycles. The van der Waals surface area contributed by atoms with E-state index in [-0.39, 0.29) is 16.7 Å². The first-order valence-corrected chi connectivity index (χ1v) is 17.9. The fourth-order valence-electron chi connectivity index (χ4n) is 6.23. The van der Waals surface area contributed by atoms with Gasteiger partial charge in [-0.3, -0.25) is 4.79 Å². The molecule has 5 N–H and O–H groups in total. The van der Waals surface area contributed by atoms with Crippen LogP contribution in [0, 0.1) is 0 Å². The van der Waals surface area contributed by atoms with E-state index in [2.05, 4.69) is 153 Å². The number of rotatable bonds is 21. The summed E-state index contributed by atoms with van der Waals surface area (Å²) in [5.41, 5.74) is 12.6. The lowest BCUT2D eigenvalue weighted by Gasteiger charge is -2.29. The minimum atomic E-state index is -0.236. The average molecular weight is 652 g/mol. The number of hydrogen-bond acceptors (Lipinski definition) is 5. The van der Waals surface area contributed by atoms with Gasteiger partial charge in [0, 0.05) is 54.5 Å². The number of unbranched alkanes of at least 4 members (excludes halogenated alkanes) is 3. The predicted molar refractivity (Wildman–Crippen MR) is 208 cm³/mol. The van der Waals surface area contributed by atoms with Crippen LogP contribution in [0.4, 0.5) is 11.4 Å². The monoisotopic (exact) mass is 651 g/mol. The van der Waals surface area contributed by atoms with Gasteiger partial charge in [0.15, 0.2) is 0 Å². The van der Waals surface area contributed by atoms with Gasteiger partial charge in [-0.25, -0.2) is 0 Å². The molecule has 0 aliphatic carbocycles. The molecule has 0 unspecified atom stereocenters. The van der Waals surface area contributed by atoms with Crippen LogP contribution in [-0.2, 0) is 15.6 Å². The first-order chi connectivity index (χ1) is 23.1. The Morgan fingerprint density at radius 2 is 1.52 bits per heavy atom.